The summed E-state index contributed by atoms with van der Waals surface area (Å²) in [6, 6.07) is 9.39. The van der Waals surface area contributed by atoms with E-state index in [1.807, 2.05) is 44.2 Å². The number of nitrogens with one attached hydrogen (secondary N) is 1. The third kappa shape index (κ3) is 3.70. The number of rotatable bonds is 6. The number of amides is 1. The number of ether oxygens (including phenoxy) is 1. The lowest BCUT2D eigenvalue weighted by Gasteiger charge is -2.46. The lowest BCUT2D eigenvalue weighted by Crippen LogP contribution is -2.66. The van der Waals surface area contributed by atoms with E-state index in [2.05, 4.69) is 5.32 Å². The van der Waals surface area contributed by atoms with Crippen LogP contribution in [0.15, 0.2) is 30.3 Å². The van der Waals surface area contributed by atoms with E-state index in [0.29, 0.717) is 32.5 Å². The second-order valence-electron chi connectivity index (χ2n) is 6.28. The summed E-state index contributed by atoms with van der Waals surface area (Å²) >= 11 is 0. The normalized spacial score (nSPS) is 23.5. The smallest absolute Gasteiger partial charge is 0.411 e. The highest BCUT2D eigenvalue weighted by Crippen LogP contribution is 2.32. The fraction of sp³-hybridized carbons (Fsp3) is 0.556. The fourth-order valence-electron chi connectivity index (χ4n) is 3.32. The zero-order valence-electron chi connectivity index (χ0n) is 14.3. The summed E-state index contributed by atoms with van der Waals surface area (Å²) in [5.74, 6) is -1.15. The van der Waals surface area contributed by atoms with E-state index < -0.39 is 17.6 Å². The predicted molar refractivity (Wildman–Crippen MR) is 90.6 cm³/mol. The van der Waals surface area contributed by atoms with Crippen LogP contribution in [0.5, 0.6) is 0 Å². The first kappa shape index (κ1) is 18.3. The Morgan fingerprint density at radius 1 is 1.38 bits per heavy atom. The van der Waals surface area contributed by atoms with Crippen molar-refractivity contribution in [3.8, 4) is 0 Å². The van der Waals surface area contributed by atoms with Crippen LogP contribution >= 0.6 is 0 Å². The molecule has 6 heteroatoms. The fourth-order valence-corrected chi connectivity index (χ4v) is 3.32. The standard InChI is InChI=1S/C18H26N2O4/c1-3-11-20(17(23)24-13-15-7-5-4-6-8-15)18(16(21)22)9-10-19-12-14(18)2/h4-8,14,19H,3,9-13H2,1-2H3,(H,21,22). The van der Waals surface area contributed by atoms with Gasteiger partial charge in [-0.15, -0.1) is 0 Å². The molecule has 132 valence electrons. The maximum atomic E-state index is 12.7. The molecule has 1 saturated heterocycles. The van der Waals surface area contributed by atoms with Crippen LogP contribution in [0.1, 0.15) is 32.3 Å². The van der Waals surface area contributed by atoms with Crippen LogP contribution in [0.25, 0.3) is 0 Å². The van der Waals surface area contributed by atoms with E-state index in [1.54, 1.807) is 0 Å². The van der Waals surface area contributed by atoms with Gasteiger partial charge in [0, 0.05) is 19.0 Å². The van der Waals surface area contributed by atoms with Crippen molar-refractivity contribution in [1.29, 1.82) is 0 Å². The van der Waals surface area contributed by atoms with Crippen molar-refractivity contribution in [3.05, 3.63) is 35.9 Å². The van der Waals surface area contributed by atoms with Gasteiger partial charge in [-0.05, 0) is 24.9 Å². The van der Waals surface area contributed by atoms with Gasteiger partial charge in [-0.2, -0.15) is 0 Å². The van der Waals surface area contributed by atoms with Crippen LogP contribution in [-0.4, -0.2) is 47.2 Å². The first-order valence-electron chi connectivity index (χ1n) is 8.44. The first-order valence-corrected chi connectivity index (χ1v) is 8.44. The number of carbonyl (C=O) groups is 2. The van der Waals surface area contributed by atoms with Gasteiger partial charge < -0.3 is 15.2 Å². The van der Waals surface area contributed by atoms with Gasteiger partial charge in [-0.3, -0.25) is 4.90 Å². The summed E-state index contributed by atoms with van der Waals surface area (Å²) < 4.78 is 5.42. The van der Waals surface area contributed by atoms with E-state index >= 15 is 0 Å². The quantitative estimate of drug-likeness (QED) is 0.835. The van der Waals surface area contributed by atoms with Crippen molar-refractivity contribution in [1.82, 2.24) is 10.2 Å². The minimum absolute atomic E-state index is 0.141. The Balaban J connectivity index is 2.19. The summed E-state index contributed by atoms with van der Waals surface area (Å²) in [6.07, 6.45) is 0.497. The second kappa shape index (κ2) is 8.15. The maximum absolute atomic E-state index is 12.7. The van der Waals surface area contributed by atoms with Crippen molar-refractivity contribution in [2.45, 2.75) is 38.8 Å². The third-order valence-corrected chi connectivity index (χ3v) is 4.67. The zero-order chi connectivity index (χ0) is 17.6. The van der Waals surface area contributed by atoms with Crippen LogP contribution in [-0.2, 0) is 16.1 Å². The molecular weight excluding hydrogens is 308 g/mol. The molecule has 0 bridgehead atoms. The van der Waals surface area contributed by atoms with E-state index in [1.165, 1.54) is 4.90 Å². The number of benzene rings is 1. The molecular formula is C18H26N2O4. The lowest BCUT2D eigenvalue weighted by molar-refractivity contribution is -0.156. The highest BCUT2D eigenvalue weighted by molar-refractivity contribution is 5.85. The summed E-state index contributed by atoms with van der Waals surface area (Å²) in [5.41, 5.74) is -0.334. The molecule has 1 aliphatic rings. The first-order chi connectivity index (χ1) is 11.5. The molecule has 24 heavy (non-hydrogen) atoms. The average molecular weight is 334 g/mol. The van der Waals surface area contributed by atoms with Gasteiger partial charge in [0.25, 0.3) is 0 Å². The number of hydrogen-bond acceptors (Lipinski definition) is 4. The highest BCUT2D eigenvalue weighted by Gasteiger charge is 2.52. The SMILES string of the molecule is CCCN(C(=O)OCc1ccccc1)C1(C(=O)O)CCNCC1C. The molecule has 1 aromatic rings. The third-order valence-electron chi connectivity index (χ3n) is 4.67. The molecule has 2 rings (SSSR count). The number of aliphatic carboxylic acids is 1. The number of carboxylic acids is 1. The molecule has 6 nitrogen and oxygen atoms in total. The molecule has 2 N–H and O–H groups in total. The maximum Gasteiger partial charge on any atom is 0.411 e. The number of carbonyl (C=O) groups excluding carboxylic acids is 1. The van der Waals surface area contributed by atoms with E-state index in [0.717, 1.165) is 5.56 Å². The van der Waals surface area contributed by atoms with Gasteiger partial charge >= 0.3 is 12.1 Å². The Hall–Kier alpha value is -2.08. The van der Waals surface area contributed by atoms with Gasteiger partial charge in [0.1, 0.15) is 12.1 Å². The summed E-state index contributed by atoms with van der Waals surface area (Å²) in [6.45, 7) is 5.44. The van der Waals surface area contributed by atoms with Gasteiger partial charge in [0.15, 0.2) is 0 Å². The molecule has 1 aliphatic heterocycles. The molecule has 2 unspecified atom stereocenters. The summed E-state index contributed by atoms with van der Waals surface area (Å²) in [5, 5.41) is 13.1. The molecule has 0 aromatic heterocycles. The lowest BCUT2D eigenvalue weighted by atomic mass is 9.78. The topological polar surface area (TPSA) is 78.9 Å². The Labute approximate surface area is 142 Å². The Morgan fingerprint density at radius 3 is 2.67 bits per heavy atom. The van der Waals surface area contributed by atoms with Crippen LogP contribution in [0.2, 0.25) is 0 Å². The second-order valence-corrected chi connectivity index (χ2v) is 6.28. The van der Waals surface area contributed by atoms with Crippen molar-refractivity contribution in [3.63, 3.8) is 0 Å². The Morgan fingerprint density at radius 2 is 2.08 bits per heavy atom. The van der Waals surface area contributed by atoms with Crippen molar-refractivity contribution in [2.24, 2.45) is 5.92 Å². The zero-order valence-corrected chi connectivity index (χ0v) is 14.3. The van der Waals surface area contributed by atoms with E-state index in [9.17, 15) is 14.7 Å². The number of nitrogens with zero attached hydrogens (tertiary/aromatic N) is 1. The predicted octanol–water partition coefficient (Wildman–Crippen LogP) is 2.49. The summed E-state index contributed by atoms with van der Waals surface area (Å²) in [4.78, 5) is 26.2. The average Bonchev–Trinajstić information content (AvgIpc) is 2.59. The number of piperidine rings is 1. The molecule has 1 amide bonds. The molecule has 0 spiro atoms. The molecule has 1 heterocycles. The number of carboxylic acid groups (broad SMARTS) is 1. The van der Waals surface area contributed by atoms with E-state index in [-0.39, 0.29) is 12.5 Å². The minimum atomic E-state index is -1.21. The highest BCUT2D eigenvalue weighted by atomic mass is 16.6. The van der Waals surface area contributed by atoms with Gasteiger partial charge in [0.2, 0.25) is 0 Å². The van der Waals surface area contributed by atoms with Gasteiger partial charge in [0.05, 0.1) is 0 Å². The monoisotopic (exact) mass is 334 g/mol. The van der Waals surface area contributed by atoms with Crippen LogP contribution in [0, 0.1) is 5.92 Å². The Bertz CT molecular complexity index is 563. The van der Waals surface area contributed by atoms with Crippen molar-refractivity contribution >= 4 is 12.1 Å². The largest absolute Gasteiger partial charge is 0.479 e. The van der Waals surface area contributed by atoms with Gasteiger partial charge in [-0.25, -0.2) is 9.59 Å². The molecule has 0 saturated carbocycles. The minimum Gasteiger partial charge on any atom is -0.479 e. The van der Waals surface area contributed by atoms with Crippen LogP contribution in [0.3, 0.4) is 0 Å². The number of hydrogen-bond donors (Lipinski definition) is 2. The summed E-state index contributed by atoms with van der Waals surface area (Å²) in [7, 11) is 0. The molecule has 1 fully saturated rings. The van der Waals surface area contributed by atoms with Crippen LogP contribution < -0.4 is 5.32 Å². The van der Waals surface area contributed by atoms with Gasteiger partial charge in [-0.1, -0.05) is 44.2 Å². The Kier molecular flexibility index (Phi) is 6.20. The molecule has 0 radical (unpaired) electrons. The van der Waals surface area contributed by atoms with E-state index in [4.69, 9.17) is 4.74 Å². The van der Waals surface area contributed by atoms with Crippen molar-refractivity contribution in [2.75, 3.05) is 19.6 Å². The molecule has 2 atom stereocenters. The molecule has 0 aliphatic carbocycles. The van der Waals surface area contributed by atoms with Crippen molar-refractivity contribution < 1.29 is 19.4 Å². The molecule has 1 aromatic carbocycles. The van der Waals surface area contributed by atoms with Crippen LogP contribution in [0.4, 0.5) is 4.79 Å².